The summed E-state index contributed by atoms with van der Waals surface area (Å²) in [5.74, 6) is 0.217. The van der Waals surface area contributed by atoms with Crippen molar-refractivity contribution < 1.29 is 0 Å². The molecule has 1 heteroatoms. The summed E-state index contributed by atoms with van der Waals surface area (Å²) < 4.78 is 2.48. The van der Waals surface area contributed by atoms with Gasteiger partial charge in [0, 0.05) is 22.4 Å². The van der Waals surface area contributed by atoms with Crippen LogP contribution in [0.3, 0.4) is 0 Å². The topological polar surface area (TPSA) is 4.93 Å². The van der Waals surface area contributed by atoms with E-state index in [0.29, 0.717) is 0 Å². The lowest BCUT2D eigenvalue weighted by Gasteiger charge is -2.25. The van der Waals surface area contributed by atoms with Gasteiger partial charge in [-0.25, -0.2) is 0 Å². The minimum absolute atomic E-state index is 0.217. The highest BCUT2D eigenvalue weighted by atomic mass is 15.0. The molecule has 55 heavy (non-hydrogen) atoms. The molecule has 1 aliphatic carbocycles. The van der Waals surface area contributed by atoms with Gasteiger partial charge in [-0.2, -0.15) is 0 Å². The van der Waals surface area contributed by atoms with E-state index in [1.54, 1.807) is 0 Å². The highest BCUT2D eigenvalue weighted by Crippen LogP contribution is 2.43. The lowest BCUT2D eigenvalue weighted by atomic mass is 9.80. The second-order valence-corrected chi connectivity index (χ2v) is 15.2. The SMILES string of the molecule is C1=CC(c2cc(-c3ccc4c5ccccc5c5ccccc5c4c3)cc(-n3c4ccccc4c4ccccc43)c2)Cc2c1c1ccccc1c1ccccc21. The van der Waals surface area contributed by atoms with Gasteiger partial charge in [-0.1, -0.05) is 164 Å². The van der Waals surface area contributed by atoms with Crippen molar-refractivity contribution in [3.63, 3.8) is 0 Å². The molecule has 1 nitrogen and oxygen atoms in total. The molecule has 0 saturated heterocycles. The van der Waals surface area contributed by atoms with Crippen molar-refractivity contribution in [3.05, 3.63) is 205 Å². The van der Waals surface area contributed by atoms with Crippen LogP contribution in [0, 0.1) is 0 Å². The Kier molecular flexibility index (Phi) is 6.53. The standard InChI is InChI=1S/C54H35N/c1-3-17-43-39(13-1)41-15-5-7-19-45(41)51-32-34(25-27-47(43)51)36-29-37(31-38(30-36)55-53-23-11-9-21-49(53)50-22-10-12-24-54(50)55)35-26-28-48-44-18-4-2-14-40(44)42-16-6-8-20-46(42)52(48)33-35/h1-32,35H,33H2. The fourth-order valence-corrected chi connectivity index (χ4v) is 9.81. The maximum atomic E-state index is 2.48. The van der Waals surface area contributed by atoms with Crippen molar-refractivity contribution >= 4 is 81.7 Å². The van der Waals surface area contributed by atoms with Crippen molar-refractivity contribution in [1.82, 2.24) is 4.57 Å². The van der Waals surface area contributed by atoms with Gasteiger partial charge in [0.05, 0.1) is 11.0 Å². The zero-order valence-corrected chi connectivity index (χ0v) is 30.2. The molecule has 1 aliphatic rings. The molecule has 1 atom stereocenters. The lowest BCUT2D eigenvalue weighted by Crippen LogP contribution is -2.08. The summed E-state index contributed by atoms with van der Waals surface area (Å²) in [6, 6.07) is 67.7. The molecule has 1 aromatic heterocycles. The number of hydrogen-bond acceptors (Lipinski definition) is 0. The Morgan fingerprint density at radius 2 is 0.836 bits per heavy atom. The summed E-state index contributed by atoms with van der Waals surface area (Å²) in [5, 5.41) is 15.7. The predicted molar refractivity (Wildman–Crippen MR) is 236 cm³/mol. The Bertz CT molecular complexity index is 3320. The average molecular weight is 698 g/mol. The van der Waals surface area contributed by atoms with Gasteiger partial charge < -0.3 is 4.57 Å². The zero-order valence-electron chi connectivity index (χ0n) is 30.2. The van der Waals surface area contributed by atoms with Crippen molar-refractivity contribution in [3.8, 4) is 16.8 Å². The number of benzene rings is 10. The molecule has 0 aliphatic heterocycles. The van der Waals surface area contributed by atoms with E-state index in [1.165, 1.54) is 109 Å². The molecule has 10 aromatic carbocycles. The van der Waals surface area contributed by atoms with E-state index >= 15 is 0 Å². The Morgan fingerprint density at radius 3 is 1.45 bits per heavy atom. The molecule has 11 aromatic rings. The fourth-order valence-electron chi connectivity index (χ4n) is 9.81. The number of rotatable bonds is 3. The van der Waals surface area contributed by atoms with E-state index in [-0.39, 0.29) is 5.92 Å². The lowest BCUT2D eigenvalue weighted by molar-refractivity contribution is 0.833. The number of aromatic nitrogens is 1. The Morgan fingerprint density at radius 1 is 0.364 bits per heavy atom. The van der Waals surface area contributed by atoms with Crippen LogP contribution in [0.1, 0.15) is 22.6 Å². The van der Waals surface area contributed by atoms with Crippen molar-refractivity contribution in [2.24, 2.45) is 0 Å². The van der Waals surface area contributed by atoms with Gasteiger partial charge >= 0.3 is 0 Å². The number of nitrogens with zero attached hydrogens (tertiary/aromatic N) is 1. The van der Waals surface area contributed by atoms with Crippen LogP contribution in [0.15, 0.2) is 188 Å². The van der Waals surface area contributed by atoms with Crippen LogP contribution in [0.25, 0.3) is 98.6 Å². The van der Waals surface area contributed by atoms with Gasteiger partial charge in [-0.3, -0.25) is 0 Å². The van der Waals surface area contributed by atoms with Gasteiger partial charge in [0.1, 0.15) is 0 Å². The van der Waals surface area contributed by atoms with Gasteiger partial charge in [-0.15, -0.1) is 0 Å². The summed E-state index contributed by atoms with van der Waals surface area (Å²) in [6.07, 6.45) is 5.80. The molecular formula is C54H35N. The van der Waals surface area contributed by atoms with Crippen molar-refractivity contribution in [2.45, 2.75) is 12.3 Å². The first-order chi connectivity index (χ1) is 27.3. The van der Waals surface area contributed by atoms with E-state index in [0.717, 1.165) is 6.42 Å². The molecule has 12 rings (SSSR count). The summed E-state index contributed by atoms with van der Waals surface area (Å²) in [7, 11) is 0. The summed E-state index contributed by atoms with van der Waals surface area (Å²) in [5.41, 5.74) is 10.2. The Balaban J connectivity index is 1.11. The zero-order chi connectivity index (χ0) is 36.0. The summed E-state index contributed by atoms with van der Waals surface area (Å²) >= 11 is 0. The monoisotopic (exact) mass is 697 g/mol. The molecule has 256 valence electrons. The van der Waals surface area contributed by atoms with Crippen LogP contribution < -0.4 is 0 Å². The summed E-state index contributed by atoms with van der Waals surface area (Å²) in [6.45, 7) is 0. The van der Waals surface area contributed by atoms with Gasteiger partial charge in [-0.05, 0) is 118 Å². The molecule has 1 heterocycles. The first-order valence-electron chi connectivity index (χ1n) is 19.4. The van der Waals surface area contributed by atoms with Crippen LogP contribution in [-0.4, -0.2) is 4.57 Å². The second-order valence-electron chi connectivity index (χ2n) is 15.2. The van der Waals surface area contributed by atoms with E-state index in [4.69, 9.17) is 0 Å². The van der Waals surface area contributed by atoms with Crippen LogP contribution in [0.4, 0.5) is 0 Å². The van der Waals surface area contributed by atoms with E-state index in [9.17, 15) is 0 Å². The minimum atomic E-state index is 0.217. The molecule has 0 saturated carbocycles. The number of fused-ring (bicyclic) bond motifs is 15. The third-order valence-corrected chi connectivity index (χ3v) is 12.3. The van der Waals surface area contributed by atoms with Crippen molar-refractivity contribution in [2.75, 3.05) is 0 Å². The van der Waals surface area contributed by atoms with E-state index in [2.05, 4.69) is 199 Å². The number of hydrogen-bond donors (Lipinski definition) is 0. The van der Waals surface area contributed by atoms with Crippen LogP contribution >= 0.6 is 0 Å². The Hall–Kier alpha value is -6.96. The molecule has 1 unspecified atom stereocenters. The van der Waals surface area contributed by atoms with Crippen molar-refractivity contribution in [1.29, 1.82) is 0 Å². The first-order valence-corrected chi connectivity index (χ1v) is 19.4. The van der Waals surface area contributed by atoms with Gasteiger partial charge in [0.25, 0.3) is 0 Å². The number of allylic oxidation sites excluding steroid dienone is 1. The fraction of sp³-hybridized carbons (Fsp3) is 0.0370. The molecule has 0 radical (unpaired) electrons. The maximum absolute atomic E-state index is 2.48. The minimum Gasteiger partial charge on any atom is -0.309 e. The third kappa shape index (κ3) is 4.54. The molecular weight excluding hydrogens is 663 g/mol. The van der Waals surface area contributed by atoms with E-state index in [1.807, 2.05) is 0 Å². The normalized spacial score (nSPS) is 14.2. The van der Waals surface area contributed by atoms with Gasteiger partial charge in [0.2, 0.25) is 0 Å². The quantitative estimate of drug-likeness (QED) is 0.162. The smallest absolute Gasteiger partial charge is 0.0541 e. The van der Waals surface area contributed by atoms with Gasteiger partial charge in [0.15, 0.2) is 0 Å². The molecule has 0 spiro atoms. The molecule has 0 bridgehead atoms. The average Bonchev–Trinajstić information content (AvgIpc) is 3.60. The molecule has 0 amide bonds. The second kappa shape index (κ2) is 11.8. The molecule has 0 N–H and O–H groups in total. The predicted octanol–water partition coefficient (Wildman–Crippen LogP) is 14.6. The van der Waals surface area contributed by atoms with Crippen LogP contribution in [-0.2, 0) is 6.42 Å². The highest BCUT2D eigenvalue weighted by molar-refractivity contribution is 6.25. The largest absolute Gasteiger partial charge is 0.309 e. The Labute approximate surface area is 319 Å². The maximum Gasteiger partial charge on any atom is 0.0541 e. The third-order valence-electron chi connectivity index (χ3n) is 12.3. The number of para-hydroxylation sites is 2. The van der Waals surface area contributed by atoms with E-state index < -0.39 is 0 Å². The molecule has 0 fully saturated rings. The highest BCUT2D eigenvalue weighted by Gasteiger charge is 2.23. The first kappa shape index (κ1) is 30.5. The van der Waals surface area contributed by atoms with Crippen LogP contribution in [0.5, 0.6) is 0 Å². The van der Waals surface area contributed by atoms with Crippen LogP contribution in [0.2, 0.25) is 0 Å². The summed E-state index contributed by atoms with van der Waals surface area (Å²) in [4.78, 5) is 0.